The molecule has 1 aliphatic heterocycles. The Balaban J connectivity index is 1.44. The van der Waals surface area contributed by atoms with Gasteiger partial charge in [-0.05, 0) is 56.2 Å². The summed E-state index contributed by atoms with van der Waals surface area (Å²) < 4.78 is 1.90. The maximum atomic E-state index is 13.7. The highest BCUT2D eigenvalue weighted by Crippen LogP contribution is 2.28. The second-order valence-corrected chi connectivity index (χ2v) is 8.68. The minimum Gasteiger partial charge on any atom is -0.337 e. The Hall–Kier alpha value is -2.92. The van der Waals surface area contributed by atoms with Crippen molar-refractivity contribution < 1.29 is 4.79 Å². The van der Waals surface area contributed by atoms with Crippen LogP contribution in [0.3, 0.4) is 0 Å². The molecule has 2 aliphatic rings. The molecule has 5 nitrogen and oxygen atoms in total. The van der Waals surface area contributed by atoms with Crippen LogP contribution in [0.1, 0.15) is 53.0 Å². The van der Waals surface area contributed by atoms with Crippen molar-refractivity contribution in [1.82, 2.24) is 20.0 Å². The van der Waals surface area contributed by atoms with E-state index in [2.05, 4.69) is 29.6 Å². The number of likely N-dealkylation sites (tertiary alicyclic amines) is 1. The molecule has 1 fully saturated rings. The molecule has 5 rings (SSSR count). The van der Waals surface area contributed by atoms with Gasteiger partial charge >= 0.3 is 0 Å². The van der Waals surface area contributed by atoms with E-state index in [1.54, 1.807) is 0 Å². The first-order valence-corrected chi connectivity index (χ1v) is 11.5. The number of carbonyl (C=O) groups is 1. The number of benzene rings is 2. The van der Waals surface area contributed by atoms with Crippen molar-refractivity contribution >= 4 is 5.91 Å². The Morgan fingerprint density at radius 2 is 1.68 bits per heavy atom. The lowest BCUT2D eigenvalue weighted by Crippen LogP contribution is -2.38. The predicted octanol–water partition coefficient (Wildman–Crippen LogP) is 4.15. The maximum absolute atomic E-state index is 13.7. The molecule has 0 radical (unpaired) electrons. The fourth-order valence-electron chi connectivity index (χ4n) is 4.83. The summed E-state index contributed by atoms with van der Waals surface area (Å²) in [6, 6.07) is 21.0. The first-order valence-electron chi connectivity index (χ1n) is 11.5. The summed E-state index contributed by atoms with van der Waals surface area (Å²) in [5.41, 5.74) is 5.25. The second kappa shape index (κ2) is 9.06. The predicted molar refractivity (Wildman–Crippen MR) is 122 cm³/mol. The lowest BCUT2D eigenvalue weighted by molar-refractivity contribution is 0.0713. The number of para-hydroxylation sites is 1. The Morgan fingerprint density at radius 1 is 0.968 bits per heavy atom. The zero-order chi connectivity index (χ0) is 21.0. The molecule has 1 aromatic heterocycles. The van der Waals surface area contributed by atoms with E-state index in [4.69, 9.17) is 5.10 Å². The van der Waals surface area contributed by atoms with Gasteiger partial charge in [0.2, 0.25) is 0 Å². The van der Waals surface area contributed by atoms with Crippen molar-refractivity contribution in [2.45, 2.75) is 51.1 Å². The van der Waals surface area contributed by atoms with E-state index in [0.29, 0.717) is 6.04 Å². The number of carbonyl (C=O) groups excluding carboxylic acids is 1. The Morgan fingerprint density at radius 3 is 2.42 bits per heavy atom. The molecule has 1 aliphatic carbocycles. The van der Waals surface area contributed by atoms with E-state index in [0.717, 1.165) is 74.4 Å². The van der Waals surface area contributed by atoms with Crippen LogP contribution in [-0.2, 0) is 19.4 Å². The van der Waals surface area contributed by atoms with Crippen LogP contribution in [0.15, 0.2) is 60.7 Å². The average molecular weight is 415 g/mol. The van der Waals surface area contributed by atoms with Crippen LogP contribution in [0, 0.1) is 0 Å². The molecule has 1 N–H and O–H groups in total. The second-order valence-electron chi connectivity index (χ2n) is 8.68. The Bertz CT molecular complexity index is 1020. The van der Waals surface area contributed by atoms with Crippen LogP contribution in [-0.4, -0.2) is 39.7 Å². The third-order valence-corrected chi connectivity index (χ3v) is 6.53. The van der Waals surface area contributed by atoms with Gasteiger partial charge in [-0.1, -0.05) is 48.5 Å². The molecule has 1 saturated heterocycles. The van der Waals surface area contributed by atoms with Gasteiger partial charge < -0.3 is 10.2 Å². The van der Waals surface area contributed by atoms with Crippen LogP contribution < -0.4 is 5.32 Å². The van der Waals surface area contributed by atoms with Crippen molar-refractivity contribution in [3.63, 3.8) is 0 Å². The van der Waals surface area contributed by atoms with Crippen molar-refractivity contribution in [3.05, 3.63) is 83.2 Å². The third-order valence-electron chi connectivity index (χ3n) is 6.53. The van der Waals surface area contributed by atoms with Crippen molar-refractivity contribution in [3.8, 4) is 5.69 Å². The number of piperidine rings is 1. The number of amides is 1. The lowest BCUT2D eigenvalue weighted by Gasteiger charge is -2.28. The van der Waals surface area contributed by atoms with E-state index in [-0.39, 0.29) is 5.91 Å². The van der Waals surface area contributed by atoms with Gasteiger partial charge in [0.05, 0.1) is 11.4 Å². The number of hydrogen-bond acceptors (Lipinski definition) is 3. The molecule has 1 unspecified atom stereocenters. The third kappa shape index (κ3) is 4.28. The minimum atomic E-state index is 0.140. The molecule has 2 heterocycles. The van der Waals surface area contributed by atoms with Crippen molar-refractivity contribution in [2.75, 3.05) is 13.1 Å². The molecule has 1 atom stereocenters. The zero-order valence-corrected chi connectivity index (χ0v) is 18.0. The Kier molecular flexibility index (Phi) is 5.85. The van der Waals surface area contributed by atoms with Gasteiger partial charge in [-0.25, -0.2) is 4.68 Å². The van der Waals surface area contributed by atoms with Crippen LogP contribution in [0.4, 0.5) is 0 Å². The summed E-state index contributed by atoms with van der Waals surface area (Å²) in [6.45, 7) is 2.55. The van der Waals surface area contributed by atoms with Gasteiger partial charge in [0.15, 0.2) is 0 Å². The average Bonchev–Trinajstić information content (AvgIpc) is 3.23. The fourth-order valence-corrected chi connectivity index (χ4v) is 4.83. The minimum absolute atomic E-state index is 0.140. The van der Waals surface area contributed by atoms with E-state index in [1.807, 2.05) is 46.0 Å². The quantitative estimate of drug-likeness (QED) is 0.683. The molecule has 1 amide bonds. The zero-order valence-electron chi connectivity index (χ0n) is 18.0. The normalized spacial score (nSPS) is 18.6. The number of aryl methyl sites for hydroxylation is 1. The van der Waals surface area contributed by atoms with Gasteiger partial charge in [0.25, 0.3) is 5.91 Å². The summed E-state index contributed by atoms with van der Waals surface area (Å²) in [7, 11) is 0. The van der Waals surface area contributed by atoms with E-state index in [9.17, 15) is 4.79 Å². The summed E-state index contributed by atoms with van der Waals surface area (Å²) in [6.07, 6.45) is 6.20. The monoisotopic (exact) mass is 414 g/mol. The van der Waals surface area contributed by atoms with E-state index in [1.165, 1.54) is 12.0 Å². The number of rotatable bonds is 5. The van der Waals surface area contributed by atoms with Crippen LogP contribution in [0.25, 0.3) is 5.69 Å². The molecule has 31 heavy (non-hydrogen) atoms. The van der Waals surface area contributed by atoms with E-state index < -0.39 is 0 Å². The molecule has 160 valence electrons. The fraction of sp³-hybridized carbons (Fsp3) is 0.385. The molecule has 0 bridgehead atoms. The van der Waals surface area contributed by atoms with Crippen LogP contribution in [0.5, 0.6) is 0 Å². The molecule has 0 spiro atoms. The molecule has 5 heteroatoms. The molecular weight excluding hydrogens is 384 g/mol. The number of nitrogens with zero attached hydrogens (tertiary/aromatic N) is 3. The summed E-state index contributed by atoms with van der Waals surface area (Å²) in [5.74, 6) is 0.140. The van der Waals surface area contributed by atoms with Crippen LogP contribution in [0.2, 0.25) is 0 Å². The first-order chi connectivity index (χ1) is 15.3. The number of nitrogens with one attached hydrogen (secondary N) is 1. The van der Waals surface area contributed by atoms with E-state index >= 15 is 0 Å². The van der Waals surface area contributed by atoms with Gasteiger partial charge in [-0.15, -0.1) is 0 Å². The molecule has 3 aromatic rings. The standard InChI is InChI=1S/C26H30N4O/c31-26(29-16-8-3-9-17-29)25-23-18-21(27-19-20-10-4-1-5-11-20)14-15-24(23)28-30(25)22-12-6-2-7-13-22/h1-2,4-7,10-13,21,27H,3,8-9,14-19H2. The lowest BCUT2D eigenvalue weighted by atomic mass is 9.91. The highest BCUT2D eigenvalue weighted by atomic mass is 16.2. The smallest absolute Gasteiger partial charge is 0.272 e. The summed E-state index contributed by atoms with van der Waals surface area (Å²) in [5, 5.41) is 8.64. The number of hydrogen-bond donors (Lipinski definition) is 1. The van der Waals surface area contributed by atoms with Gasteiger partial charge in [-0.2, -0.15) is 5.10 Å². The maximum Gasteiger partial charge on any atom is 0.272 e. The SMILES string of the molecule is O=C(c1c2c(nn1-c1ccccc1)CCC(NCc1ccccc1)C2)N1CCCCC1. The largest absolute Gasteiger partial charge is 0.337 e. The highest BCUT2D eigenvalue weighted by molar-refractivity contribution is 5.95. The van der Waals surface area contributed by atoms with Gasteiger partial charge in [0.1, 0.15) is 5.69 Å². The van der Waals surface area contributed by atoms with Gasteiger partial charge in [0, 0.05) is 31.2 Å². The summed E-state index contributed by atoms with van der Waals surface area (Å²) >= 11 is 0. The van der Waals surface area contributed by atoms with Crippen molar-refractivity contribution in [2.24, 2.45) is 0 Å². The number of aromatic nitrogens is 2. The number of fused-ring (bicyclic) bond motifs is 1. The van der Waals surface area contributed by atoms with Crippen molar-refractivity contribution in [1.29, 1.82) is 0 Å². The first kappa shape index (κ1) is 20.0. The van der Waals surface area contributed by atoms with Gasteiger partial charge in [-0.3, -0.25) is 4.79 Å². The molecule has 2 aromatic carbocycles. The Labute approximate surface area is 184 Å². The molecule has 0 saturated carbocycles. The summed E-state index contributed by atoms with van der Waals surface area (Å²) in [4.78, 5) is 15.7. The highest BCUT2D eigenvalue weighted by Gasteiger charge is 2.32. The molecular formula is C26H30N4O. The topological polar surface area (TPSA) is 50.2 Å². The van der Waals surface area contributed by atoms with Crippen LogP contribution >= 0.6 is 0 Å².